The van der Waals surface area contributed by atoms with Crippen LogP contribution in [0.15, 0.2) is 36.4 Å². The van der Waals surface area contributed by atoms with Gasteiger partial charge in [-0.15, -0.1) is 0 Å². The summed E-state index contributed by atoms with van der Waals surface area (Å²) in [5, 5.41) is 2.76. The highest BCUT2D eigenvalue weighted by atomic mass is 16.2. The Morgan fingerprint density at radius 1 is 1.08 bits per heavy atom. The van der Waals surface area contributed by atoms with Crippen LogP contribution in [0.25, 0.3) is 0 Å². The molecule has 3 aliphatic rings. The van der Waals surface area contributed by atoms with Gasteiger partial charge in [0.1, 0.15) is 6.54 Å². The zero-order valence-corrected chi connectivity index (χ0v) is 13.6. The number of anilines is 1. The van der Waals surface area contributed by atoms with E-state index >= 15 is 0 Å². The second kappa shape index (κ2) is 5.58. The molecule has 2 fully saturated rings. The number of fused-ring (bicyclic) bond motifs is 5. The SMILES string of the molecule is CCc1ccc(NC(=O)CN2C(=O)C3C4C=CC(C4)C3C2=O)cc1. The van der Waals surface area contributed by atoms with Crippen LogP contribution >= 0.6 is 0 Å². The third-order valence-corrected chi connectivity index (χ3v) is 5.51. The van der Waals surface area contributed by atoms with Gasteiger partial charge < -0.3 is 5.32 Å². The van der Waals surface area contributed by atoms with Gasteiger partial charge in [-0.2, -0.15) is 0 Å². The third-order valence-electron chi connectivity index (χ3n) is 5.51. The van der Waals surface area contributed by atoms with Gasteiger partial charge in [0.2, 0.25) is 17.7 Å². The van der Waals surface area contributed by atoms with Crippen LogP contribution in [0.4, 0.5) is 5.69 Å². The first-order valence-corrected chi connectivity index (χ1v) is 8.51. The number of rotatable bonds is 4. The van der Waals surface area contributed by atoms with E-state index in [1.807, 2.05) is 24.3 Å². The normalized spacial score (nSPS) is 30.1. The van der Waals surface area contributed by atoms with Gasteiger partial charge in [-0.25, -0.2) is 0 Å². The summed E-state index contributed by atoms with van der Waals surface area (Å²) in [5.74, 6) is -0.844. The van der Waals surface area contributed by atoms with Crippen LogP contribution in [0.3, 0.4) is 0 Å². The highest BCUT2D eigenvalue weighted by Gasteiger charge is 2.59. The largest absolute Gasteiger partial charge is 0.325 e. The summed E-state index contributed by atoms with van der Waals surface area (Å²) < 4.78 is 0. The number of imide groups is 1. The fourth-order valence-corrected chi connectivity index (χ4v) is 4.29. The number of allylic oxidation sites excluding steroid dienone is 2. The average Bonchev–Trinajstić information content (AvgIpc) is 3.25. The predicted octanol–water partition coefficient (Wildman–Crippen LogP) is 1.99. The summed E-state index contributed by atoms with van der Waals surface area (Å²) in [6.45, 7) is 1.87. The van der Waals surface area contributed by atoms with Crippen molar-refractivity contribution < 1.29 is 14.4 Å². The maximum absolute atomic E-state index is 12.5. The Bertz CT molecular complexity index is 707. The number of aryl methyl sites for hydroxylation is 1. The van der Waals surface area contributed by atoms with Crippen molar-refractivity contribution in [3.8, 4) is 0 Å². The zero-order chi connectivity index (χ0) is 16.8. The lowest BCUT2D eigenvalue weighted by atomic mass is 9.85. The van der Waals surface area contributed by atoms with E-state index in [9.17, 15) is 14.4 Å². The van der Waals surface area contributed by atoms with E-state index in [0.29, 0.717) is 5.69 Å². The molecule has 0 aromatic heterocycles. The van der Waals surface area contributed by atoms with Crippen molar-refractivity contribution >= 4 is 23.4 Å². The number of hydrogen-bond acceptors (Lipinski definition) is 3. The predicted molar refractivity (Wildman–Crippen MR) is 88.9 cm³/mol. The average molecular weight is 324 g/mol. The number of amides is 3. The first kappa shape index (κ1) is 15.1. The molecule has 3 amide bonds. The number of carbonyl (C=O) groups is 3. The molecule has 1 aliphatic heterocycles. The van der Waals surface area contributed by atoms with E-state index in [0.717, 1.165) is 17.7 Å². The number of benzene rings is 1. The van der Waals surface area contributed by atoms with Crippen molar-refractivity contribution in [1.29, 1.82) is 0 Å². The van der Waals surface area contributed by atoms with Gasteiger partial charge in [-0.05, 0) is 42.4 Å². The highest BCUT2D eigenvalue weighted by molar-refractivity contribution is 6.09. The van der Waals surface area contributed by atoms with E-state index in [2.05, 4.69) is 24.4 Å². The summed E-state index contributed by atoms with van der Waals surface area (Å²) in [5.41, 5.74) is 1.87. The molecule has 1 aromatic carbocycles. The molecule has 2 bridgehead atoms. The van der Waals surface area contributed by atoms with Crippen molar-refractivity contribution in [2.45, 2.75) is 19.8 Å². The van der Waals surface area contributed by atoms with E-state index in [4.69, 9.17) is 0 Å². The summed E-state index contributed by atoms with van der Waals surface area (Å²) in [7, 11) is 0. The maximum Gasteiger partial charge on any atom is 0.244 e. The minimum absolute atomic E-state index is 0.172. The number of nitrogens with one attached hydrogen (secondary N) is 1. The molecule has 5 nitrogen and oxygen atoms in total. The molecule has 1 aromatic rings. The Labute approximate surface area is 140 Å². The lowest BCUT2D eigenvalue weighted by molar-refractivity contribution is -0.143. The van der Waals surface area contributed by atoms with Gasteiger partial charge >= 0.3 is 0 Å². The molecule has 1 saturated carbocycles. The van der Waals surface area contributed by atoms with Crippen molar-refractivity contribution in [2.24, 2.45) is 23.7 Å². The topological polar surface area (TPSA) is 66.5 Å². The van der Waals surface area contributed by atoms with Crippen molar-refractivity contribution in [3.63, 3.8) is 0 Å². The lowest BCUT2D eigenvalue weighted by Crippen LogP contribution is -2.39. The van der Waals surface area contributed by atoms with Crippen LogP contribution < -0.4 is 5.32 Å². The van der Waals surface area contributed by atoms with Crippen LogP contribution in [0.5, 0.6) is 0 Å². The molecule has 0 spiro atoms. The first-order valence-electron chi connectivity index (χ1n) is 8.51. The molecule has 1 N–H and O–H groups in total. The Kier molecular flexibility index (Phi) is 3.52. The monoisotopic (exact) mass is 324 g/mol. The van der Waals surface area contributed by atoms with Crippen molar-refractivity contribution in [2.75, 3.05) is 11.9 Å². The third kappa shape index (κ3) is 2.27. The first-order chi connectivity index (χ1) is 11.6. The number of nitrogens with zero attached hydrogens (tertiary/aromatic N) is 1. The molecule has 4 atom stereocenters. The number of hydrogen-bond donors (Lipinski definition) is 1. The van der Waals surface area contributed by atoms with Gasteiger partial charge in [0.25, 0.3) is 0 Å². The van der Waals surface area contributed by atoms with Crippen LogP contribution in [0, 0.1) is 23.7 Å². The summed E-state index contributed by atoms with van der Waals surface area (Å²) >= 11 is 0. The number of carbonyl (C=O) groups excluding carboxylic acids is 3. The zero-order valence-electron chi connectivity index (χ0n) is 13.6. The minimum Gasteiger partial charge on any atom is -0.325 e. The summed E-state index contributed by atoms with van der Waals surface area (Å²) in [4.78, 5) is 38.5. The van der Waals surface area contributed by atoms with Gasteiger partial charge in [0, 0.05) is 5.69 Å². The van der Waals surface area contributed by atoms with Gasteiger partial charge in [0.15, 0.2) is 0 Å². The minimum atomic E-state index is -0.332. The fourth-order valence-electron chi connectivity index (χ4n) is 4.29. The molecule has 2 aliphatic carbocycles. The van der Waals surface area contributed by atoms with E-state index in [1.165, 1.54) is 5.56 Å². The molecule has 4 rings (SSSR count). The second-order valence-electron chi connectivity index (χ2n) is 6.86. The molecule has 124 valence electrons. The number of likely N-dealkylation sites (tertiary alicyclic amines) is 1. The smallest absolute Gasteiger partial charge is 0.244 e. The van der Waals surface area contributed by atoms with Gasteiger partial charge in [0.05, 0.1) is 11.8 Å². The molecule has 1 saturated heterocycles. The van der Waals surface area contributed by atoms with E-state index < -0.39 is 0 Å². The van der Waals surface area contributed by atoms with Crippen molar-refractivity contribution in [3.05, 3.63) is 42.0 Å². The Balaban J connectivity index is 1.43. The van der Waals surface area contributed by atoms with Gasteiger partial charge in [-0.3, -0.25) is 19.3 Å². The van der Waals surface area contributed by atoms with Crippen LogP contribution in [0.2, 0.25) is 0 Å². The Hall–Kier alpha value is -2.43. The Morgan fingerprint density at radius 3 is 2.21 bits per heavy atom. The second-order valence-corrected chi connectivity index (χ2v) is 6.86. The van der Waals surface area contributed by atoms with Crippen LogP contribution in [-0.4, -0.2) is 29.2 Å². The molecule has 0 radical (unpaired) electrons. The highest BCUT2D eigenvalue weighted by Crippen LogP contribution is 2.52. The lowest BCUT2D eigenvalue weighted by Gasteiger charge is -2.16. The molecular formula is C19H20N2O3. The molecule has 24 heavy (non-hydrogen) atoms. The van der Waals surface area contributed by atoms with E-state index in [-0.39, 0.29) is 47.9 Å². The molecule has 4 unspecified atom stereocenters. The fraction of sp³-hybridized carbons (Fsp3) is 0.421. The summed E-state index contributed by atoms with van der Waals surface area (Å²) in [6, 6.07) is 7.58. The van der Waals surface area contributed by atoms with Gasteiger partial charge in [-0.1, -0.05) is 31.2 Å². The Morgan fingerprint density at radius 2 is 1.67 bits per heavy atom. The van der Waals surface area contributed by atoms with Crippen LogP contribution in [0.1, 0.15) is 18.9 Å². The quantitative estimate of drug-likeness (QED) is 0.680. The van der Waals surface area contributed by atoms with Crippen LogP contribution in [-0.2, 0) is 20.8 Å². The molecular weight excluding hydrogens is 304 g/mol. The van der Waals surface area contributed by atoms with E-state index in [1.54, 1.807) is 0 Å². The summed E-state index contributed by atoms with van der Waals surface area (Å²) in [6.07, 6.45) is 5.94. The maximum atomic E-state index is 12.5. The molecule has 1 heterocycles. The van der Waals surface area contributed by atoms with Crippen molar-refractivity contribution in [1.82, 2.24) is 4.90 Å². The standard InChI is InChI=1S/C19H20N2O3/c1-2-11-3-7-14(8-4-11)20-15(22)10-21-18(23)16-12-5-6-13(9-12)17(16)19(21)24/h3-8,12-13,16-17H,2,9-10H2,1H3,(H,20,22). The molecule has 5 heteroatoms.